The van der Waals surface area contributed by atoms with E-state index in [-0.39, 0.29) is 0 Å². The van der Waals surface area contributed by atoms with Gasteiger partial charge in [0.25, 0.3) is 5.91 Å². The SMILES string of the molecule is Cc1ncc(C#N)cc1C(N)=O. The van der Waals surface area contributed by atoms with Gasteiger partial charge in [-0.15, -0.1) is 0 Å². The fraction of sp³-hybridized carbons (Fsp3) is 0.125. The first-order chi connectivity index (χ1) is 5.65. The Kier molecular flexibility index (Phi) is 2.06. The van der Waals surface area contributed by atoms with E-state index in [0.29, 0.717) is 16.8 Å². The second kappa shape index (κ2) is 3.01. The Hall–Kier alpha value is -1.89. The molecule has 12 heavy (non-hydrogen) atoms. The van der Waals surface area contributed by atoms with E-state index in [1.165, 1.54) is 12.3 Å². The molecule has 0 aromatic carbocycles. The normalized spacial score (nSPS) is 9.00. The van der Waals surface area contributed by atoms with E-state index in [9.17, 15) is 4.79 Å². The number of aromatic nitrogens is 1. The van der Waals surface area contributed by atoms with Crippen LogP contribution in [0.4, 0.5) is 0 Å². The lowest BCUT2D eigenvalue weighted by Crippen LogP contribution is -2.13. The third-order valence-electron chi connectivity index (χ3n) is 1.48. The van der Waals surface area contributed by atoms with Crippen LogP contribution in [0.25, 0.3) is 0 Å². The molecule has 60 valence electrons. The molecule has 0 saturated carbocycles. The minimum atomic E-state index is -0.558. The van der Waals surface area contributed by atoms with Crippen molar-refractivity contribution >= 4 is 5.91 Å². The first-order valence-electron chi connectivity index (χ1n) is 3.31. The average Bonchev–Trinajstić information content (AvgIpc) is 2.05. The zero-order valence-electron chi connectivity index (χ0n) is 6.53. The van der Waals surface area contributed by atoms with E-state index in [0.717, 1.165) is 0 Å². The summed E-state index contributed by atoms with van der Waals surface area (Å²) in [5, 5.41) is 8.49. The van der Waals surface area contributed by atoms with Gasteiger partial charge < -0.3 is 5.73 Å². The number of rotatable bonds is 1. The number of nitrogens with two attached hydrogens (primary N) is 1. The summed E-state index contributed by atoms with van der Waals surface area (Å²) >= 11 is 0. The van der Waals surface area contributed by atoms with E-state index in [1.54, 1.807) is 6.92 Å². The molecule has 0 atom stereocenters. The van der Waals surface area contributed by atoms with E-state index < -0.39 is 5.91 Å². The highest BCUT2D eigenvalue weighted by atomic mass is 16.1. The second-order valence-electron chi connectivity index (χ2n) is 2.33. The predicted octanol–water partition coefficient (Wildman–Crippen LogP) is 0.361. The Morgan fingerprint density at radius 2 is 2.42 bits per heavy atom. The Bertz CT molecular complexity index is 365. The third kappa shape index (κ3) is 1.40. The van der Waals surface area contributed by atoms with Gasteiger partial charge in [0.05, 0.1) is 16.8 Å². The van der Waals surface area contributed by atoms with Gasteiger partial charge in [0, 0.05) is 6.20 Å². The molecule has 0 unspecified atom stereocenters. The van der Waals surface area contributed by atoms with Gasteiger partial charge in [0.2, 0.25) is 0 Å². The average molecular weight is 161 g/mol. The molecule has 0 fully saturated rings. The van der Waals surface area contributed by atoms with Gasteiger partial charge in [-0.25, -0.2) is 0 Å². The van der Waals surface area contributed by atoms with Crippen molar-refractivity contribution in [2.24, 2.45) is 5.73 Å². The van der Waals surface area contributed by atoms with Gasteiger partial charge in [-0.1, -0.05) is 0 Å². The monoisotopic (exact) mass is 161 g/mol. The molecule has 0 spiro atoms. The van der Waals surface area contributed by atoms with Crippen molar-refractivity contribution in [1.82, 2.24) is 4.98 Å². The number of nitrogens with zero attached hydrogens (tertiary/aromatic N) is 2. The molecule has 1 heterocycles. The van der Waals surface area contributed by atoms with Crippen molar-refractivity contribution < 1.29 is 4.79 Å². The number of hydrogen-bond acceptors (Lipinski definition) is 3. The second-order valence-corrected chi connectivity index (χ2v) is 2.33. The first-order valence-corrected chi connectivity index (χ1v) is 3.31. The van der Waals surface area contributed by atoms with Crippen molar-refractivity contribution in [1.29, 1.82) is 5.26 Å². The summed E-state index contributed by atoms with van der Waals surface area (Å²) in [6, 6.07) is 3.31. The van der Waals surface area contributed by atoms with Crippen LogP contribution in [-0.4, -0.2) is 10.9 Å². The molecular formula is C8H7N3O. The summed E-state index contributed by atoms with van der Waals surface area (Å²) in [7, 11) is 0. The largest absolute Gasteiger partial charge is 0.366 e. The Morgan fingerprint density at radius 3 is 2.92 bits per heavy atom. The van der Waals surface area contributed by atoms with Crippen LogP contribution < -0.4 is 5.73 Å². The summed E-state index contributed by atoms with van der Waals surface area (Å²) in [5.74, 6) is -0.558. The van der Waals surface area contributed by atoms with Crippen LogP contribution in [0.3, 0.4) is 0 Å². The Labute approximate surface area is 69.6 Å². The van der Waals surface area contributed by atoms with E-state index in [4.69, 9.17) is 11.0 Å². The standard InChI is InChI=1S/C8H7N3O/c1-5-7(8(10)12)2-6(3-9)4-11-5/h2,4H,1H3,(H2,10,12). The molecule has 4 heteroatoms. The van der Waals surface area contributed by atoms with Crippen molar-refractivity contribution in [2.45, 2.75) is 6.92 Å². The smallest absolute Gasteiger partial charge is 0.250 e. The topological polar surface area (TPSA) is 79.8 Å². The number of carbonyl (C=O) groups is 1. The van der Waals surface area contributed by atoms with Crippen LogP contribution in [0.2, 0.25) is 0 Å². The van der Waals surface area contributed by atoms with Crippen LogP contribution in [0.1, 0.15) is 21.6 Å². The summed E-state index contributed by atoms with van der Waals surface area (Å²) in [4.78, 5) is 14.6. The van der Waals surface area contributed by atoms with Crippen molar-refractivity contribution in [3.05, 3.63) is 29.1 Å². The zero-order valence-corrected chi connectivity index (χ0v) is 6.53. The Balaban J connectivity index is 3.28. The zero-order chi connectivity index (χ0) is 9.14. The van der Waals surface area contributed by atoms with E-state index >= 15 is 0 Å². The molecule has 0 aliphatic rings. The molecule has 0 aliphatic carbocycles. The number of primary amides is 1. The molecule has 1 aromatic rings. The van der Waals surface area contributed by atoms with Gasteiger partial charge in [0.15, 0.2) is 0 Å². The van der Waals surface area contributed by atoms with Gasteiger partial charge in [0.1, 0.15) is 6.07 Å². The molecule has 1 aromatic heterocycles. The van der Waals surface area contributed by atoms with Crippen molar-refractivity contribution in [2.75, 3.05) is 0 Å². The van der Waals surface area contributed by atoms with Gasteiger partial charge in [-0.3, -0.25) is 9.78 Å². The lowest BCUT2D eigenvalue weighted by molar-refractivity contribution is 0.0999. The maximum absolute atomic E-state index is 10.8. The summed E-state index contributed by atoms with van der Waals surface area (Å²) in [6.45, 7) is 1.67. The molecule has 0 aliphatic heterocycles. The number of pyridine rings is 1. The maximum Gasteiger partial charge on any atom is 0.250 e. The third-order valence-corrected chi connectivity index (χ3v) is 1.48. The molecule has 2 N–H and O–H groups in total. The minimum absolute atomic E-state index is 0.300. The van der Waals surface area contributed by atoms with Crippen LogP contribution in [0, 0.1) is 18.3 Å². The Morgan fingerprint density at radius 1 is 1.75 bits per heavy atom. The van der Waals surface area contributed by atoms with Crippen molar-refractivity contribution in [3.63, 3.8) is 0 Å². The predicted molar refractivity (Wildman–Crippen MR) is 42.2 cm³/mol. The number of nitriles is 1. The molecule has 0 saturated heterocycles. The van der Waals surface area contributed by atoms with Gasteiger partial charge >= 0.3 is 0 Å². The molecular weight excluding hydrogens is 154 g/mol. The highest BCUT2D eigenvalue weighted by molar-refractivity contribution is 5.94. The molecule has 0 radical (unpaired) electrons. The van der Waals surface area contributed by atoms with E-state index in [1.807, 2.05) is 6.07 Å². The fourth-order valence-corrected chi connectivity index (χ4v) is 0.844. The van der Waals surface area contributed by atoms with E-state index in [2.05, 4.69) is 4.98 Å². The highest BCUT2D eigenvalue weighted by Crippen LogP contribution is 2.05. The lowest BCUT2D eigenvalue weighted by Gasteiger charge is -1.98. The van der Waals surface area contributed by atoms with Crippen LogP contribution in [0.5, 0.6) is 0 Å². The van der Waals surface area contributed by atoms with Gasteiger partial charge in [-0.2, -0.15) is 5.26 Å². The number of amides is 1. The van der Waals surface area contributed by atoms with Crippen molar-refractivity contribution in [3.8, 4) is 6.07 Å². The minimum Gasteiger partial charge on any atom is -0.366 e. The molecule has 0 bridgehead atoms. The quantitative estimate of drug-likeness (QED) is 0.645. The summed E-state index contributed by atoms with van der Waals surface area (Å²) in [5.41, 5.74) is 6.23. The maximum atomic E-state index is 10.8. The molecule has 1 rings (SSSR count). The molecule has 4 nitrogen and oxygen atoms in total. The number of hydrogen-bond donors (Lipinski definition) is 1. The van der Waals surface area contributed by atoms with Gasteiger partial charge in [-0.05, 0) is 13.0 Å². The first kappa shape index (κ1) is 8.21. The fourth-order valence-electron chi connectivity index (χ4n) is 0.844. The highest BCUT2D eigenvalue weighted by Gasteiger charge is 2.06. The number of aryl methyl sites for hydroxylation is 1. The summed E-state index contributed by atoms with van der Waals surface area (Å²) in [6.07, 6.45) is 1.40. The molecule has 1 amide bonds. The number of carbonyl (C=O) groups excluding carboxylic acids is 1. The van der Waals surface area contributed by atoms with Crippen LogP contribution in [0.15, 0.2) is 12.3 Å². The summed E-state index contributed by atoms with van der Waals surface area (Å²) < 4.78 is 0. The lowest BCUT2D eigenvalue weighted by atomic mass is 10.1. The van der Waals surface area contributed by atoms with Crippen LogP contribution >= 0.6 is 0 Å². The van der Waals surface area contributed by atoms with Crippen LogP contribution in [-0.2, 0) is 0 Å².